The van der Waals surface area contributed by atoms with Crippen LogP contribution in [0.2, 0.25) is 0 Å². The Bertz CT molecular complexity index is 646. The molecule has 1 unspecified atom stereocenters. The minimum absolute atomic E-state index is 0.0141. The molecule has 0 aliphatic rings. The molecule has 2 N–H and O–H groups in total. The second kappa shape index (κ2) is 6.88. The highest BCUT2D eigenvalue weighted by molar-refractivity contribution is 5.86. The van der Waals surface area contributed by atoms with E-state index in [0.29, 0.717) is 6.54 Å². The Labute approximate surface area is 132 Å². The number of rotatable bonds is 5. The minimum atomic E-state index is -0.475. The van der Waals surface area contributed by atoms with Gasteiger partial charge in [-0.2, -0.15) is 0 Å². The van der Waals surface area contributed by atoms with Crippen LogP contribution >= 0.6 is 0 Å². The Balaban J connectivity index is 2.33. The molecule has 1 amide bonds. The maximum atomic E-state index is 12.6. The van der Waals surface area contributed by atoms with E-state index in [1.54, 1.807) is 6.20 Å². The Hall–Kier alpha value is -1.94. The van der Waals surface area contributed by atoms with Gasteiger partial charge in [0.1, 0.15) is 0 Å². The van der Waals surface area contributed by atoms with Crippen molar-refractivity contribution in [2.24, 2.45) is 11.7 Å². The molecule has 0 saturated carbocycles. The molecule has 0 radical (unpaired) electrons. The standard InChI is InChI=1S/C18H25N3O/c1-12(2)17(19)18(22)21(13(3)4)11-16-15-8-6-5-7-14(15)9-10-20-16/h5-10,12-13,17H,11,19H2,1-4H3. The van der Waals surface area contributed by atoms with Crippen LogP contribution in [0.25, 0.3) is 10.8 Å². The lowest BCUT2D eigenvalue weighted by molar-refractivity contribution is -0.136. The van der Waals surface area contributed by atoms with E-state index in [4.69, 9.17) is 5.73 Å². The highest BCUT2D eigenvalue weighted by Crippen LogP contribution is 2.19. The smallest absolute Gasteiger partial charge is 0.240 e. The van der Waals surface area contributed by atoms with Gasteiger partial charge in [-0.15, -0.1) is 0 Å². The third kappa shape index (κ3) is 3.45. The molecule has 22 heavy (non-hydrogen) atoms. The molecular formula is C18H25N3O. The second-order valence-corrected chi connectivity index (χ2v) is 6.31. The lowest BCUT2D eigenvalue weighted by Gasteiger charge is -2.30. The Morgan fingerprint density at radius 1 is 1.18 bits per heavy atom. The number of carbonyl (C=O) groups is 1. The van der Waals surface area contributed by atoms with Gasteiger partial charge in [-0.3, -0.25) is 9.78 Å². The lowest BCUT2D eigenvalue weighted by Crippen LogP contribution is -2.48. The summed E-state index contributed by atoms with van der Waals surface area (Å²) in [7, 11) is 0. The predicted octanol–water partition coefficient (Wildman–Crippen LogP) is 2.96. The van der Waals surface area contributed by atoms with E-state index >= 15 is 0 Å². The van der Waals surface area contributed by atoms with Gasteiger partial charge >= 0.3 is 0 Å². The molecule has 4 heteroatoms. The molecule has 4 nitrogen and oxygen atoms in total. The molecule has 0 saturated heterocycles. The fraction of sp³-hybridized carbons (Fsp3) is 0.444. The number of nitrogens with two attached hydrogens (primary N) is 1. The van der Waals surface area contributed by atoms with Crippen LogP contribution in [0.5, 0.6) is 0 Å². The van der Waals surface area contributed by atoms with Gasteiger partial charge in [0.25, 0.3) is 0 Å². The number of aromatic nitrogens is 1. The van der Waals surface area contributed by atoms with Crippen LogP contribution < -0.4 is 5.73 Å². The summed E-state index contributed by atoms with van der Waals surface area (Å²) in [6, 6.07) is 9.70. The average molecular weight is 299 g/mol. The summed E-state index contributed by atoms with van der Waals surface area (Å²) in [5, 5.41) is 2.22. The Morgan fingerprint density at radius 2 is 1.86 bits per heavy atom. The van der Waals surface area contributed by atoms with Gasteiger partial charge in [-0.1, -0.05) is 38.1 Å². The zero-order chi connectivity index (χ0) is 16.3. The first-order chi connectivity index (χ1) is 10.4. The van der Waals surface area contributed by atoms with Crippen LogP contribution in [0, 0.1) is 5.92 Å². The number of pyridine rings is 1. The van der Waals surface area contributed by atoms with Gasteiger partial charge in [0.15, 0.2) is 0 Å². The summed E-state index contributed by atoms with van der Waals surface area (Å²) in [5.41, 5.74) is 6.97. The molecule has 0 bridgehead atoms. The van der Waals surface area contributed by atoms with Crippen LogP contribution in [0.4, 0.5) is 0 Å². The van der Waals surface area contributed by atoms with E-state index < -0.39 is 6.04 Å². The Morgan fingerprint density at radius 3 is 2.50 bits per heavy atom. The quantitative estimate of drug-likeness (QED) is 0.923. The summed E-state index contributed by atoms with van der Waals surface area (Å²) in [6.07, 6.45) is 1.79. The van der Waals surface area contributed by atoms with Crippen molar-refractivity contribution < 1.29 is 4.79 Å². The number of hydrogen-bond acceptors (Lipinski definition) is 3. The van der Waals surface area contributed by atoms with Crippen molar-refractivity contribution in [2.45, 2.75) is 46.3 Å². The number of carbonyl (C=O) groups excluding carboxylic acids is 1. The van der Waals surface area contributed by atoms with Crippen LogP contribution in [-0.4, -0.2) is 27.9 Å². The third-order valence-corrected chi connectivity index (χ3v) is 3.99. The van der Waals surface area contributed by atoms with Crippen molar-refractivity contribution in [3.05, 3.63) is 42.2 Å². The van der Waals surface area contributed by atoms with Gasteiger partial charge in [0.2, 0.25) is 5.91 Å². The molecule has 0 fully saturated rings. The van der Waals surface area contributed by atoms with Crippen molar-refractivity contribution in [3.63, 3.8) is 0 Å². The normalized spacial score (nSPS) is 12.9. The first-order valence-electron chi connectivity index (χ1n) is 7.80. The number of nitrogens with zero attached hydrogens (tertiary/aromatic N) is 2. The molecule has 1 heterocycles. The molecule has 1 atom stereocenters. The average Bonchev–Trinajstić information content (AvgIpc) is 2.50. The van der Waals surface area contributed by atoms with Crippen LogP contribution in [-0.2, 0) is 11.3 Å². The van der Waals surface area contributed by atoms with Crippen LogP contribution in [0.3, 0.4) is 0 Å². The van der Waals surface area contributed by atoms with Crippen molar-refractivity contribution in [2.75, 3.05) is 0 Å². The first-order valence-corrected chi connectivity index (χ1v) is 7.80. The molecule has 0 spiro atoms. The molecule has 2 aromatic rings. The molecule has 0 aliphatic heterocycles. The summed E-state index contributed by atoms with van der Waals surface area (Å²) >= 11 is 0. The maximum Gasteiger partial charge on any atom is 0.240 e. The zero-order valence-corrected chi connectivity index (χ0v) is 13.8. The number of benzene rings is 1. The van der Waals surface area contributed by atoms with Gasteiger partial charge in [0.05, 0.1) is 18.3 Å². The highest BCUT2D eigenvalue weighted by atomic mass is 16.2. The lowest BCUT2D eigenvalue weighted by atomic mass is 10.0. The fourth-order valence-corrected chi connectivity index (χ4v) is 2.46. The van der Waals surface area contributed by atoms with Crippen molar-refractivity contribution in [1.82, 2.24) is 9.88 Å². The van der Waals surface area contributed by atoms with E-state index in [0.717, 1.165) is 16.5 Å². The van der Waals surface area contributed by atoms with Crippen molar-refractivity contribution >= 4 is 16.7 Å². The largest absolute Gasteiger partial charge is 0.333 e. The van der Waals surface area contributed by atoms with Gasteiger partial charge in [-0.25, -0.2) is 0 Å². The molecule has 0 aliphatic carbocycles. The zero-order valence-electron chi connectivity index (χ0n) is 13.8. The minimum Gasteiger partial charge on any atom is -0.333 e. The van der Waals surface area contributed by atoms with E-state index in [1.807, 2.05) is 56.9 Å². The monoisotopic (exact) mass is 299 g/mol. The number of amides is 1. The van der Waals surface area contributed by atoms with Crippen LogP contribution in [0.1, 0.15) is 33.4 Å². The molecular weight excluding hydrogens is 274 g/mol. The van der Waals surface area contributed by atoms with Crippen molar-refractivity contribution in [3.8, 4) is 0 Å². The SMILES string of the molecule is CC(C)C(N)C(=O)N(Cc1nccc2ccccc12)C(C)C. The van der Waals surface area contributed by atoms with E-state index in [2.05, 4.69) is 11.1 Å². The fourth-order valence-electron chi connectivity index (χ4n) is 2.46. The van der Waals surface area contributed by atoms with E-state index in [9.17, 15) is 4.79 Å². The van der Waals surface area contributed by atoms with E-state index in [-0.39, 0.29) is 17.9 Å². The molecule has 2 rings (SSSR count). The number of fused-ring (bicyclic) bond motifs is 1. The third-order valence-electron chi connectivity index (χ3n) is 3.99. The summed E-state index contributed by atoms with van der Waals surface area (Å²) < 4.78 is 0. The molecule has 1 aromatic carbocycles. The first kappa shape index (κ1) is 16.4. The second-order valence-electron chi connectivity index (χ2n) is 6.31. The Kier molecular flexibility index (Phi) is 5.14. The predicted molar refractivity (Wildman–Crippen MR) is 90.2 cm³/mol. The molecule has 118 valence electrons. The van der Waals surface area contributed by atoms with Gasteiger partial charge in [0, 0.05) is 17.6 Å². The van der Waals surface area contributed by atoms with Gasteiger partial charge in [-0.05, 0) is 31.2 Å². The van der Waals surface area contributed by atoms with Crippen molar-refractivity contribution in [1.29, 1.82) is 0 Å². The van der Waals surface area contributed by atoms with Gasteiger partial charge < -0.3 is 10.6 Å². The highest BCUT2D eigenvalue weighted by Gasteiger charge is 2.26. The molecule has 1 aromatic heterocycles. The summed E-state index contributed by atoms with van der Waals surface area (Å²) in [6.45, 7) is 8.44. The topological polar surface area (TPSA) is 59.2 Å². The van der Waals surface area contributed by atoms with E-state index in [1.165, 1.54) is 0 Å². The summed E-state index contributed by atoms with van der Waals surface area (Å²) in [4.78, 5) is 18.9. The number of hydrogen-bond donors (Lipinski definition) is 1. The van der Waals surface area contributed by atoms with Crippen LogP contribution in [0.15, 0.2) is 36.5 Å². The summed E-state index contributed by atoms with van der Waals surface area (Å²) in [5.74, 6) is 0.106. The maximum absolute atomic E-state index is 12.6.